The van der Waals surface area contributed by atoms with Crippen molar-refractivity contribution in [1.82, 2.24) is 9.80 Å². The second-order valence-corrected chi connectivity index (χ2v) is 6.05. The smallest absolute Gasteiger partial charge is 0.409 e. The van der Waals surface area contributed by atoms with E-state index in [0.717, 1.165) is 37.0 Å². The molecule has 1 atom stereocenters. The molecule has 1 aromatic rings. The molecular weight excluding hydrogens is 308 g/mol. The highest BCUT2D eigenvalue weighted by Gasteiger charge is 2.28. The molecule has 1 saturated heterocycles. The van der Waals surface area contributed by atoms with Crippen LogP contribution in [0.3, 0.4) is 0 Å². The molecular formula is C18H26N2O4. The summed E-state index contributed by atoms with van der Waals surface area (Å²) >= 11 is 0. The predicted octanol–water partition coefficient (Wildman–Crippen LogP) is 2.84. The Balaban J connectivity index is 2.16. The Kier molecular flexibility index (Phi) is 6.46. The molecule has 0 N–H and O–H groups in total. The van der Waals surface area contributed by atoms with Gasteiger partial charge in [-0.05, 0) is 30.5 Å². The lowest BCUT2D eigenvalue weighted by Crippen LogP contribution is -2.42. The summed E-state index contributed by atoms with van der Waals surface area (Å²) in [5.74, 6) is 0.751. The molecule has 1 aliphatic heterocycles. The van der Waals surface area contributed by atoms with E-state index in [9.17, 15) is 9.59 Å². The van der Waals surface area contributed by atoms with Gasteiger partial charge in [0.2, 0.25) is 5.91 Å². The van der Waals surface area contributed by atoms with E-state index in [1.54, 1.807) is 14.2 Å². The van der Waals surface area contributed by atoms with Crippen molar-refractivity contribution >= 4 is 12.0 Å². The molecule has 1 fully saturated rings. The maximum Gasteiger partial charge on any atom is 0.409 e. The molecule has 6 nitrogen and oxygen atoms in total. The van der Waals surface area contributed by atoms with E-state index in [4.69, 9.17) is 4.74 Å². The monoisotopic (exact) mass is 334 g/mol. The molecule has 1 aromatic carbocycles. The molecule has 0 radical (unpaired) electrons. The van der Waals surface area contributed by atoms with Gasteiger partial charge in [-0.1, -0.05) is 25.0 Å². The number of ether oxygens (including phenoxy) is 2. The van der Waals surface area contributed by atoms with Crippen LogP contribution in [-0.4, -0.2) is 56.2 Å². The van der Waals surface area contributed by atoms with Gasteiger partial charge in [0, 0.05) is 13.6 Å². The predicted molar refractivity (Wildman–Crippen MR) is 91.0 cm³/mol. The van der Waals surface area contributed by atoms with Crippen LogP contribution in [0.1, 0.15) is 37.3 Å². The lowest BCUT2D eigenvalue weighted by Gasteiger charge is -2.32. The number of carbonyl (C=O) groups is 2. The zero-order chi connectivity index (χ0) is 17.5. The summed E-state index contributed by atoms with van der Waals surface area (Å²) in [6.07, 6.45) is 3.62. The molecule has 1 aliphatic rings. The summed E-state index contributed by atoms with van der Waals surface area (Å²) in [6.45, 7) is 0.740. The lowest BCUT2D eigenvalue weighted by atomic mass is 10.0. The Labute approximate surface area is 143 Å². The minimum Gasteiger partial charge on any atom is -0.497 e. The SMILES string of the molecule is COC(=O)N(C)CC(=O)N1CCCCCC1c1ccc(OC)cc1. The number of amides is 2. The van der Waals surface area contributed by atoms with Crippen LogP contribution in [0.2, 0.25) is 0 Å². The molecule has 0 aliphatic carbocycles. The van der Waals surface area contributed by atoms with Gasteiger partial charge in [-0.15, -0.1) is 0 Å². The minimum absolute atomic E-state index is 0.0271. The van der Waals surface area contributed by atoms with Crippen LogP contribution in [0.25, 0.3) is 0 Å². The van der Waals surface area contributed by atoms with Gasteiger partial charge in [0.25, 0.3) is 0 Å². The fraction of sp³-hybridized carbons (Fsp3) is 0.556. The van der Waals surface area contributed by atoms with Crippen molar-refractivity contribution in [2.24, 2.45) is 0 Å². The number of benzene rings is 1. The molecule has 0 saturated carbocycles. The number of likely N-dealkylation sites (tertiary alicyclic amines) is 1. The van der Waals surface area contributed by atoms with Crippen LogP contribution in [0.15, 0.2) is 24.3 Å². The molecule has 6 heteroatoms. The Bertz CT molecular complexity index is 559. The Morgan fingerprint density at radius 2 is 1.88 bits per heavy atom. The number of hydrogen-bond donors (Lipinski definition) is 0. The third kappa shape index (κ3) is 4.40. The number of likely N-dealkylation sites (N-methyl/N-ethyl adjacent to an activating group) is 1. The van der Waals surface area contributed by atoms with Crippen LogP contribution in [-0.2, 0) is 9.53 Å². The molecule has 24 heavy (non-hydrogen) atoms. The normalized spacial score (nSPS) is 17.8. The van der Waals surface area contributed by atoms with Crippen LogP contribution in [0.4, 0.5) is 4.79 Å². The fourth-order valence-electron chi connectivity index (χ4n) is 3.09. The van der Waals surface area contributed by atoms with Crippen molar-refractivity contribution in [2.75, 3.05) is 34.4 Å². The van der Waals surface area contributed by atoms with Gasteiger partial charge in [0.1, 0.15) is 12.3 Å². The van der Waals surface area contributed by atoms with E-state index < -0.39 is 6.09 Å². The molecule has 1 unspecified atom stereocenters. The van der Waals surface area contributed by atoms with Crippen molar-refractivity contribution in [3.63, 3.8) is 0 Å². The zero-order valence-corrected chi connectivity index (χ0v) is 14.7. The van der Waals surface area contributed by atoms with Gasteiger partial charge in [0.05, 0.1) is 20.3 Å². The van der Waals surface area contributed by atoms with Gasteiger partial charge in [-0.25, -0.2) is 4.79 Å². The first-order valence-corrected chi connectivity index (χ1v) is 8.29. The third-order valence-electron chi connectivity index (χ3n) is 4.43. The first-order chi connectivity index (χ1) is 11.6. The number of nitrogens with zero attached hydrogens (tertiary/aromatic N) is 2. The quantitative estimate of drug-likeness (QED) is 0.849. The Hall–Kier alpha value is -2.24. The van der Waals surface area contributed by atoms with Crippen LogP contribution >= 0.6 is 0 Å². The fourth-order valence-corrected chi connectivity index (χ4v) is 3.09. The van der Waals surface area contributed by atoms with Crippen LogP contribution in [0.5, 0.6) is 5.75 Å². The van der Waals surface area contributed by atoms with Crippen molar-refractivity contribution in [3.05, 3.63) is 29.8 Å². The van der Waals surface area contributed by atoms with Gasteiger partial charge in [0.15, 0.2) is 0 Å². The molecule has 1 heterocycles. The van der Waals surface area contributed by atoms with E-state index >= 15 is 0 Å². The molecule has 0 spiro atoms. The van der Waals surface area contributed by atoms with E-state index in [1.807, 2.05) is 29.2 Å². The number of rotatable bonds is 4. The summed E-state index contributed by atoms with van der Waals surface area (Å²) in [4.78, 5) is 27.5. The van der Waals surface area contributed by atoms with Crippen molar-refractivity contribution in [2.45, 2.75) is 31.7 Å². The summed E-state index contributed by atoms with van der Waals surface area (Å²) in [6, 6.07) is 7.91. The van der Waals surface area contributed by atoms with E-state index in [2.05, 4.69) is 4.74 Å². The van der Waals surface area contributed by atoms with Crippen molar-refractivity contribution < 1.29 is 19.1 Å². The Morgan fingerprint density at radius 1 is 1.17 bits per heavy atom. The van der Waals surface area contributed by atoms with E-state index in [-0.39, 0.29) is 18.5 Å². The molecule has 0 aromatic heterocycles. The summed E-state index contributed by atoms with van der Waals surface area (Å²) in [5, 5.41) is 0. The molecule has 2 rings (SSSR count). The topological polar surface area (TPSA) is 59.1 Å². The van der Waals surface area contributed by atoms with E-state index in [0.29, 0.717) is 6.54 Å². The van der Waals surface area contributed by atoms with Crippen molar-refractivity contribution in [1.29, 1.82) is 0 Å². The van der Waals surface area contributed by atoms with Crippen LogP contribution in [0, 0.1) is 0 Å². The highest BCUT2D eigenvalue weighted by Crippen LogP contribution is 2.31. The molecule has 2 amide bonds. The van der Waals surface area contributed by atoms with Gasteiger partial charge < -0.3 is 19.3 Å². The summed E-state index contributed by atoms with van der Waals surface area (Å²) < 4.78 is 9.87. The minimum atomic E-state index is -0.501. The Morgan fingerprint density at radius 3 is 2.50 bits per heavy atom. The first-order valence-electron chi connectivity index (χ1n) is 8.29. The van der Waals surface area contributed by atoms with Gasteiger partial charge in [-0.3, -0.25) is 4.79 Å². The highest BCUT2D eigenvalue weighted by atomic mass is 16.5. The molecule has 0 bridgehead atoms. The number of hydrogen-bond acceptors (Lipinski definition) is 4. The first kappa shape index (κ1) is 18.1. The van der Waals surface area contributed by atoms with E-state index in [1.165, 1.54) is 12.0 Å². The standard InChI is InChI=1S/C18H26N2O4/c1-19(18(22)24-3)13-17(21)20-12-6-4-5-7-16(20)14-8-10-15(23-2)11-9-14/h8-11,16H,4-7,12-13H2,1-3H3. The number of carbonyl (C=O) groups excluding carboxylic acids is 2. The molecule has 132 valence electrons. The summed E-state index contributed by atoms with van der Waals surface area (Å²) in [7, 11) is 4.53. The summed E-state index contributed by atoms with van der Waals surface area (Å²) in [5.41, 5.74) is 1.10. The second-order valence-electron chi connectivity index (χ2n) is 6.05. The largest absolute Gasteiger partial charge is 0.497 e. The highest BCUT2D eigenvalue weighted by molar-refractivity contribution is 5.82. The maximum atomic E-state index is 12.7. The average molecular weight is 334 g/mol. The average Bonchev–Trinajstić information content (AvgIpc) is 2.87. The number of methoxy groups -OCH3 is 2. The van der Waals surface area contributed by atoms with Gasteiger partial charge in [-0.2, -0.15) is 0 Å². The third-order valence-corrected chi connectivity index (χ3v) is 4.43. The lowest BCUT2D eigenvalue weighted by molar-refractivity contribution is -0.134. The maximum absolute atomic E-state index is 12.7. The second kappa shape index (κ2) is 8.57. The van der Waals surface area contributed by atoms with Crippen LogP contribution < -0.4 is 4.74 Å². The zero-order valence-electron chi connectivity index (χ0n) is 14.7. The van der Waals surface area contributed by atoms with Gasteiger partial charge >= 0.3 is 6.09 Å². The van der Waals surface area contributed by atoms with Crippen molar-refractivity contribution in [3.8, 4) is 5.75 Å².